The number of hydrogen-bond acceptors (Lipinski definition) is 5. The molecule has 1 unspecified atom stereocenters. The predicted octanol–water partition coefficient (Wildman–Crippen LogP) is 2.79. The number of fused-ring (bicyclic) bond motifs is 1. The van der Waals surface area contributed by atoms with E-state index in [9.17, 15) is 14.4 Å². The van der Waals surface area contributed by atoms with Crippen molar-refractivity contribution in [2.24, 2.45) is 0 Å². The minimum Gasteiger partial charge on any atom is -0.335 e. The number of Topliss-reactive ketones (excluding diaryl/α,β-unsaturated/α-hetero) is 1. The van der Waals surface area contributed by atoms with Crippen LogP contribution in [-0.2, 0) is 9.59 Å². The molecule has 1 aliphatic heterocycles. The van der Waals surface area contributed by atoms with E-state index in [-0.39, 0.29) is 12.5 Å². The quantitative estimate of drug-likeness (QED) is 0.482. The summed E-state index contributed by atoms with van der Waals surface area (Å²) >= 11 is 0. The molecule has 0 radical (unpaired) electrons. The Morgan fingerprint density at radius 2 is 1.78 bits per heavy atom. The van der Waals surface area contributed by atoms with Crippen LogP contribution >= 0.6 is 0 Å². The lowest BCUT2D eigenvalue weighted by atomic mass is 10.1. The van der Waals surface area contributed by atoms with E-state index in [2.05, 4.69) is 15.1 Å². The molecule has 2 heterocycles. The Morgan fingerprint density at radius 1 is 1.00 bits per heavy atom. The Morgan fingerprint density at radius 3 is 2.53 bits per heavy atom. The SMILES string of the molecule is O=CC(=O)C1CN(C(=O)c2ccc(C=Cc3n[nH]c4ccccc34)cc2)CCN1C1CC1. The maximum absolute atomic E-state index is 13.0. The van der Waals surface area contributed by atoms with E-state index < -0.39 is 11.8 Å². The van der Waals surface area contributed by atoms with E-state index >= 15 is 0 Å². The highest BCUT2D eigenvalue weighted by atomic mass is 16.2. The number of aldehydes is 1. The van der Waals surface area contributed by atoms with Gasteiger partial charge < -0.3 is 4.90 Å². The molecule has 1 aromatic heterocycles. The minimum absolute atomic E-state index is 0.113. The summed E-state index contributed by atoms with van der Waals surface area (Å²) in [5, 5.41) is 8.41. The second-order valence-corrected chi connectivity index (χ2v) is 8.37. The first-order valence-corrected chi connectivity index (χ1v) is 10.9. The van der Waals surface area contributed by atoms with Gasteiger partial charge >= 0.3 is 0 Å². The molecule has 2 fully saturated rings. The number of piperazine rings is 1. The zero-order chi connectivity index (χ0) is 22.1. The third kappa shape index (κ3) is 3.99. The number of carbonyl (C=O) groups excluding carboxylic acids is 3. The minimum atomic E-state index is -0.524. The molecule has 2 aliphatic rings. The van der Waals surface area contributed by atoms with E-state index in [0.717, 1.165) is 35.0 Å². The summed E-state index contributed by atoms with van der Waals surface area (Å²) in [5.74, 6) is -0.557. The Labute approximate surface area is 185 Å². The van der Waals surface area contributed by atoms with Gasteiger partial charge in [-0.25, -0.2) is 0 Å². The number of benzene rings is 2. The van der Waals surface area contributed by atoms with Crippen LogP contribution in [0.15, 0.2) is 48.5 Å². The van der Waals surface area contributed by atoms with Crippen molar-refractivity contribution in [3.63, 3.8) is 0 Å². The van der Waals surface area contributed by atoms with Gasteiger partial charge in [-0.05, 0) is 42.7 Å². The molecule has 1 saturated carbocycles. The smallest absolute Gasteiger partial charge is 0.253 e. The van der Waals surface area contributed by atoms with Crippen molar-refractivity contribution in [3.8, 4) is 0 Å². The largest absolute Gasteiger partial charge is 0.335 e. The van der Waals surface area contributed by atoms with E-state index in [4.69, 9.17) is 0 Å². The zero-order valence-corrected chi connectivity index (χ0v) is 17.6. The molecule has 2 aromatic carbocycles. The highest BCUT2D eigenvalue weighted by Gasteiger charge is 2.41. The monoisotopic (exact) mass is 428 g/mol. The van der Waals surface area contributed by atoms with E-state index in [1.165, 1.54) is 0 Å². The van der Waals surface area contributed by atoms with Crippen molar-refractivity contribution in [3.05, 3.63) is 65.4 Å². The van der Waals surface area contributed by atoms with Crippen LogP contribution in [-0.4, -0.2) is 69.7 Å². The highest BCUT2D eigenvalue weighted by molar-refractivity contribution is 6.27. The third-order valence-electron chi connectivity index (χ3n) is 6.26. The first kappa shape index (κ1) is 20.3. The molecule has 5 rings (SSSR count). The van der Waals surface area contributed by atoms with Crippen molar-refractivity contribution in [2.75, 3.05) is 19.6 Å². The zero-order valence-electron chi connectivity index (χ0n) is 17.6. The van der Waals surface area contributed by atoms with Gasteiger partial charge in [0, 0.05) is 36.6 Å². The second-order valence-electron chi connectivity index (χ2n) is 8.37. The first-order valence-electron chi connectivity index (χ1n) is 10.9. The lowest BCUT2D eigenvalue weighted by Gasteiger charge is -2.40. The lowest BCUT2D eigenvalue weighted by Crippen LogP contribution is -2.58. The molecule has 7 heteroatoms. The molecular formula is C25H24N4O3. The van der Waals surface area contributed by atoms with E-state index in [1.807, 2.05) is 48.6 Å². The van der Waals surface area contributed by atoms with Crippen LogP contribution in [0.1, 0.15) is 34.5 Å². The number of H-pyrrole nitrogens is 1. The van der Waals surface area contributed by atoms with Gasteiger partial charge in [0.1, 0.15) is 0 Å². The van der Waals surface area contributed by atoms with Crippen LogP contribution in [0.3, 0.4) is 0 Å². The van der Waals surface area contributed by atoms with Crippen molar-refractivity contribution in [1.29, 1.82) is 0 Å². The number of aromatic amines is 1. The molecule has 3 aromatic rings. The summed E-state index contributed by atoms with van der Waals surface area (Å²) in [4.78, 5) is 40.1. The van der Waals surface area contributed by atoms with Crippen molar-refractivity contribution < 1.29 is 14.4 Å². The number of carbonyl (C=O) groups is 3. The number of ketones is 1. The Kier molecular flexibility index (Phi) is 5.41. The fourth-order valence-corrected chi connectivity index (χ4v) is 4.36. The summed E-state index contributed by atoms with van der Waals surface area (Å²) in [7, 11) is 0. The molecule has 1 N–H and O–H groups in total. The number of nitrogens with one attached hydrogen (secondary N) is 1. The average Bonchev–Trinajstić information content (AvgIpc) is 3.61. The normalized spacial score (nSPS) is 19.5. The Bertz CT molecular complexity index is 1190. The fraction of sp³-hybridized carbons (Fsp3) is 0.280. The molecule has 7 nitrogen and oxygen atoms in total. The highest BCUT2D eigenvalue weighted by Crippen LogP contribution is 2.30. The molecule has 32 heavy (non-hydrogen) atoms. The molecule has 1 saturated heterocycles. The van der Waals surface area contributed by atoms with Gasteiger partial charge in [0.15, 0.2) is 6.29 Å². The number of aromatic nitrogens is 2. The van der Waals surface area contributed by atoms with Gasteiger partial charge in [-0.15, -0.1) is 0 Å². The first-order chi connectivity index (χ1) is 15.6. The number of amides is 1. The molecule has 1 atom stereocenters. The number of rotatable bonds is 6. The van der Waals surface area contributed by atoms with Crippen molar-refractivity contribution >= 4 is 41.0 Å². The fourth-order valence-electron chi connectivity index (χ4n) is 4.36. The summed E-state index contributed by atoms with van der Waals surface area (Å²) in [6.45, 7) is 1.45. The average molecular weight is 428 g/mol. The van der Waals surface area contributed by atoms with Gasteiger partial charge in [-0.2, -0.15) is 5.10 Å². The third-order valence-corrected chi connectivity index (χ3v) is 6.26. The van der Waals surface area contributed by atoms with Crippen molar-refractivity contribution in [2.45, 2.75) is 24.9 Å². The molecule has 0 spiro atoms. The van der Waals surface area contributed by atoms with E-state index in [1.54, 1.807) is 17.0 Å². The lowest BCUT2D eigenvalue weighted by molar-refractivity contribution is -0.135. The molecule has 162 valence electrons. The summed E-state index contributed by atoms with van der Waals surface area (Å²) in [6.07, 6.45) is 6.41. The second kappa shape index (κ2) is 8.51. The number of nitrogens with zero attached hydrogens (tertiary/aromatic N) is 3. The summed E-state index contributed by atoms with van der Waals surface area (Å²) in [6, 6.07) is 15.2. The van der Waals surface area contributed by atoms with Crippen LogP contribution in [0, 0.1) is 0 Å². The predicted molar refractivity (Wildman–Crippen MR) is 122 cm³/mol. The topological polar surface area (TPSA) is 86.4 Å². The molecule has 0 bridgehead atoms. The van der Waals surface area contributed by atoms with Crippen LogP contribution < -0.4 is 0 Å². The van der Waals surface area contributed by atoms with Crippen LogP contribution in [0.4, 0.5) is 0 Å². The summed E-state index contributed by atoms with van der Waals surface area (Å²) in [5.41, 5.74) is 3.38. The standard InChI is InChI=1S/C25H24N4O3/c30-16-24(31)23-15-28(13-14-29(23)19-10-11-19)25(32)18-8-5-17(6-9-18)7-12-22-20-3-1-2-4-21(20)26-27-22/h1-9,12,16,19,23H,10-11,13-15H2,(H,26,27). The number of hydrogen-bond donors (Lipinski definition) is 1. The van der Waals surface area contributed by atoms with Crippen molar-refractivity contribution in [1.82, 2.24) is 20.0 Å². The van der Waals surface area contributed by atoms with Crippen LogP contribution in [0.5, 0.6) is 0 Å². The Hall–Kier alpha value is -3.58. The van der Waals surface area contributed by atoms with Gasteiger partial charge in [0.05, 0.1) is 17.3 Å². The van der Waals surface area contributed by atoms with Crippen LogP contribution in [0.2, 0.25) is 0 Å². The molecule has 1 aliphatic carbocycles. The Balaban J connectivity index is 1.27. The van der Waals surface area contributed by atoms with E-state index in [0.29, 0.717) is 31.0 Å². The maximum atomic E-state index is 13.0. The van der Waals surface area contributed by atoms with Gasteiger partial charge in [0.2, 0.25) is 5.78 Å². The van der Waals surface area contributed by atoms with Gasteiger partial charge in [-0.3, -0.25) is 24.4 Å². The van der Waals surface area contributed by atoms with Gasteiger partial charge in [-0.1, -0.05) is 36.4 Å². The molecular weight excluding hydrogens is 404 g/mol. The molecule has 1 amide bonds. The maximum Gasteiger partial charge on any atom is 0.253 e. The summed E-state index contributed by atoms with van der Waals surface area (Å²) < 4.78 is 0. The van der Waals surface area contributed by atoms with Crippen LogP contribution in [0.25, 0.3) is 23.1 Å². The number of para-hydroxylation sites is 1. The van der Waals surface area contributed by atoms with Gasteiger partial charge in [0.25, 0.3) is 5.91 Å².